The van der Waals surface area contributed by atoms with Crippen molar-refractivity contribution in [3.05, 3.63) is 78.4 Å². The minimum Gasteiger partial charge on any atom is -0.335 e. The van der Waals surface area contributed by atoms with Crippen molar-refractivity contribution in [1.29, 1.82) is 0 Å². The number of aromatic amines is 2. The molecule has 0 saturated carbocycles. The van der Waals surface area contributed by atoms with Gasteiger partial charge in [-0.1, -0.05) is 37.3 Å². The minimum atomic E-state index is -0.263. The summed E-state index contributed by atoms with van der Waals surface area (Å²) in [5, 5.41) is 8.45. The maximum atomic E-state index is 12.9. The van der Waals surface area contributed by atoms with Gasteiger partial charge in [-0.2, -0.15) is 5.10 Å². The summed E-state index contributed by atoms with van der Waals surface area (Å²) in [6.07, 6.45) is 3.48. The molecule has 0 bridgehead atoms. The monoisotopic (exact) mass is 367 g/mol. The molecule has 3 heterocycles. The maximum Gasteiger partial charge on any atom is 0.205 e. The third-order valence-electron chi connectivity index (χ3n) is 5.04. The molecule has 28 heavy (non-hydrogen) atoms. The van der Waals surface area contributed by atoms with Crippen molar-refractivity contribution >= 4 is 27.7 Å². The van der Waals surface area contributed by atoms with Crippen LogP contribution >= 0.6 is 0 Å². The number of hydrogen-bond donors (Lipinski definition) is 2. The molecule has 0 fully saturated rings. The normalized spacial score (nSPS) is 12.5. The zero-order valence-corrected chi connectivity index (χ0v) is 15.2. The molecule has 6 heteroatoms. The number of benzene rings is 2. The van der Waals surface area contributed by atoms with E-state index in [1.165, 1.54) is 0 Å². The molecule has 0 aliphatic carbocycles. The van der Waals surface area contributed by atoms with Crippen molar-refractivity contribution in [1.82, 2.24) is 25.1 Å². The maximum absolute atomic E-state index is 12.9. The number of rotatable bonds is 4. The van der Waals surface area contributed by atoms with Crippen molar-refractivity contribution in [2.45, 2.75) is 12.8 Å². The van der Waals surface area contributed by atoms with Crippen molar-refractivity contribution in [3.8, 4) is 11.3 Å². The van der Waals surface area contributed by atoms with Crippen LogP contribution in [0.4, 0.5) is 0 Å². The van der Waals surface area contributed by atoms with Gasteiger partial charge >= 0.3 is 0 Å². The first-order valence-electron chi connectivity index (χ1n) is 9.08. The number of ketones is 1. The van der Waals surface area contributed by atoms with Gasteiger partial charge in [-0.25, -0.2) is 4.98 Å². The summed E-state index contributed by atoms with van der Waals surface area (Å²) in [5.74, 6) is 0.0802. The quantitative estimate of drug-likeness (QED) is 0.458. The summed E-state index contributed by atoms with van der Waals surface area (Å²) in [6.45, 7) is 1.90. The van der Waals surface area contributed by atoms with Crippen molar-refractivity contribution in [2.75, 3.05) is 0 Å². The molecule has 2 N–H and O–H groups in total. The Hall–Kier alpha value is -3.80. The number of pyridine rings is 1. The summed E-state index contributed by atoms with van der Waals surface area (Å²) in [7, 11) is 0. The van der Waals surface area contributed by atoms with E-state index in [2.05, 4.69) is 25.1 Å². The van der Waals surface area contributed by atoms with E-state index < -0.39 is 0 Å². The van der Waals surface area contributed by atoms with Crippen LogP contribution in [0.2, 0.25) is 0 Å². The number of hydrogen-bond acceptors (Lipinski definition) is 4. The summed E-state index contributed by atoms with van der Waals surface area (Å²) >= 11 is 0. The highest BCUT2D eigenvalue weighted by Crippen LogP contribution is 2.29. The molecule has 2 aromatic carbocycles. The predicted molar refractivity (Wildman–Crippen MR) is 108 cm³/mol. The van der Waals surface area contributed by atoms with Crippen LogP contribution in [0, 0.1) is 0 Å². The zero-order chi connectivity index (χ0) is 19.1. The number of aromatic nitrogens is 5. The van der Waals surface area contributed by atoms with E-state index in [1.54, 1.807) is 12.4 Å². The lowest BCUT2D eigenvalue weighted by Gasteiger charge is -2.08. The Kier molecular flexibility index (Phi) is 3.76. The van der Waals surface area contributed by atoms with Crippen LogP contribution in [-0.2, 0) is 0 Å². The van der Waals surface area contributed by atoms with E-state index >= 15 is 0 Å². The number of carbonyl (C=O) groups excluding carboxylic acids is 1. The fourth-order valence-corrected chi connectivity index (χ4v) is 3.47. The Morgan fingerprint density at radius 1 is 1.00 bits per heavy atom. The smallest absolute Gasteiger partial charge is 0.205 e. The molecular weight excluding hydrogens is 350 g/mol. The fraction of sp³-hybridized carbons (Fsp3) is 0.0909. The lowest BCUT2D eigenvalue weighted by molar-refractivity contribution is 0.0957. The van der Waals surface area contributed by atoms with Crippen LogP contribution < -0.4 is 0 Å². The van der Waals surface area contributed by atoms with E-state index in [9.17, 15) is 4.79 Å². The predicted octanol–water partition coefficient (Wildman–Crippen LogP) is 4.49. The molecule has 0 radical (unpaired) electrons. The van der Waals surface area contributed by atoms with Gasteiger partial charge in [-0.3, -0.25) is 14.9 Å². The summed E-state index contributed by atoms with van der Waals surface area (Å²) in [5.41, 5.74) is 5.23. The highest BCUT2D eigenvalue weighted by molar-refractivity contribution is 6.04. The van der Waals surface area contributed by atoms with E-state index in [0.717, 1.165) is 38.8 Å². The van der Waals surface area contributed by atoms with Gasteiger partial charge in [0.2, 0.25) is 5.78 Å². The van der Waals surface area contributed by atoms with E-state index in [4.69, 9.17) is 0 Å². The fourth-order valence-electron chi connectivity index (χ4n) is 3.47. The lowest BCUT2D eigenvalue weighted by atomic mass is 9.96. The number of nitrogens with zero attached hydrogens (tertiary/aromatic N) is 3. The Balaban J connectivity index is 1.57. The molecule has 0 amide bonds. The average Bonchev–Trinajstić information content (AvgIpc) is 3.35. The van der Waals surface area contributed by atoms with Gasteiger partial charge in [0, 0.05) is 29.3 Å². The summed E-state index contributed by atoms with van der Waals surface area (Å²) in [4.78, 5) is 24.7. The number of H-pyrrole nitrogens is 2. The molecule has 0 unspecified atom stereocenters. The Morgan fingerprint density at radius 2 is 1.79 bits per heavy atom. The van der Waals surface area contributed by atoms with Crippen LogP contribution in [0.25, 0.3) is 33.2 Å². The summed E-state index contributed by atoms with van der Waals surface area (Å²) in [6, 6.07) is 17.5. The SMILES string of the molecule is C[C@@H](C(=O)c1nc2cc3c(-c4ccncc4)n[nH]c3cc2[nH]1)c1ccccc1. The molecule has 0 aliphatic rings. The van der Waals surface area contributed by atoms with Crippen LogP contribution in [0.1, 0.15) is 29.0 Å². The van der Waals surface area contributed by atoms with Gasteiger partial charge in [0.05, 0.1) is 16.6 Å². The molecule has 5 aromatic rings. The Bertz CT molecular complexity index is 1290. The van der Waals surface area contributed by atoms with E-state index in [-0.39, 0.29) is 11.7 Å². The van der Waals surface area contributed by atoms with Crippen molar-refractivity contribution in [2.24, 2.45) is 0 Å². The molecule has 6 nitrogen and oxygen atoms in total. The number of carbonyl (C=O) groups is 1. The third kappa shape index (κ3) is 2.66. The average molecular weight is 367 g/mol. The van der Waals surface area contributed by atoms with E-state index in [0.29, 0.717) is 5.82 Å². The van der Waals surface area contributed by atoms with Crippen LogP contribution in [0.3, 0.4) is 0 Å². The molecule has 0 saturated heterocycles. The first kappa shape index (κ1) is 16.4. The van der Waals surface area contributed by atoms with Crippen LogP contribution in [-0.4, -0.2) is 30.9 Å². The van der Waals surface area contributed by atoms with Crippen molar-refractivity contribution in [3.63, 3.8) is 0 Å². The zero-order valence-electron chi connectivity index (χ0n) is 15.2. The van der Waals surface area contributed by atoms with Gasteiger partial charge in [0.25, 0.3) is 0 Å². The molecule has 0 spiro atoms. The third-order valence-corrected chi connectivity index (χ3v) is 5.04. The molecule has 136 valence electrons. The molecule has 3 aromatic heterocycles. The number of nitrogens with one attached hydrogen (secondary N) is 2. The molecule has 5 rings (SSSR count). The number of Topliss-reactive ketones (excluding diaryl/α,β-unsaturated/α-hetero) is 1. The minimum absolute atomic E-state index is 0.0291. The Morgan fingerprint density at radius 3 is 2.57 bits per heavy atom. The topological polar surface area (TPSA) is 87.3 Å². The van der Waals surface area contributed by atoms with Gasteiger partial charge in [-0.15, -0.1) is 0 Å². The van der Waals surface area contributed by atoms with Gasteiger partial charge < -0.3 is 4.98 Å². The second kappa shape index (κ2) is 6.42. The second-order valence-electron chi connectivity index (χ2n) is 6.81. The highest BCUT2D eigenvalue weighted by atomic mass is 16.1. The standard InChI is InChI=1S/C22H17N5O/c1-13(14-5-3-2-4-6-14)21(28)22-24-18-11-16-17(12-19(18)25-22)26-27-20(16)15-7-9-23-10-8-15/h2-13H,1H3,(H,24,25)(H,26,27)/t13-/m1/s1. The highest BCUT2D eigenvalue weighted by Gasteiger charge is 2.21. The largest absolute Gasteiger partial charge is 0.335 e. The van der Waals surface area contributed by atoms with Gasteiger partial charge in [0.1, 0.15) is 5.69 Å². The Labute approximate surface area is 160 Å². The molecule has 1 atom stereocenters. The lowest BCUT2D eigenvalue weighted by Crippen LogP contribution is -2.11. The number of fused-ring (bicyclic) bond motifs is 2. The van der Waals surface area contributed by atoms with Crippen LogP contribution in [0.15, 0.2) is 67.0 Å². The van der Waals surface area contributed by atoms with Gasteiger partial charge in [0.15, 0.2) is 5.82 Å². The first-order chi connectivity index (χ1) is 13.7. The van der Waals surface area contributed by atoms with Crippen molar-refractivity contribution < 1.29 is 4.79 Å². The second-order valence-corrected chi connectivity index (χ2v) is 6.81. The summed E-state index contributed by atoms with van der Waals surface area (Å²) < 4.78 is 0. The van der Waals surface area contributed by atoms with Gasteiger partial charge in [-0.05, 0) is 29.8 Å². The van der Waals surface area contributed by atoms with E-state index in [1.807, 2.05) is 61.5 Å². The first-order valence-corrected chi connectivity index (χ1v) is 9.08. The van der Waals surface area contributed by atoms with Crippen LogP contribution in [0.5, 0.6) is 0 Å². The molecule has 0 aliphatic heterocycles. The molecular formula is C22H17N5O. The number of imidazole rings is 1.